The van der Waals surface area contributed by atoms with E-state index >= 15 is 0 Å². The lowest BCUT2D eigenvalue weighted by Crippen LogP contribution is -2.24. The zero-order valence-corrected chi connectivity index (χ0v) is 17.1. The summed E-state index contributed by atoms with van der Waals surface area (Å²) in [6.07, 6.45) is 1.54. The number of hydrogen-bond donors (Lipinski definition) is 1. The van der Waals surface area contributed by atoms with Crippen molar-refractivity contribution in [3.63, 3.8) is 0 Å². The molecule has 0 saturated carbocycles. The Morgan fingerprint density at radius 1 is 1.29 bits per heavy atom. The Balaban J connectivity index is 1.54. The second-order valence-electron chi connectivity index (χ2n) is 5.87. The lowest BCUT2D eigenvalue weighted by Gasteiger charge is -2.05. The Labute approximate surface area is 170 Å². The minimum Gasteiger partial charge on any atom is -0.454 e. The van der Waals surface area contributed by atoms with Crippen molar-refractivity contribution in [3.8, 4) is 11.5 Å². The van der Waals surface area contributed by atoms with Gasteiger partial charge in [-0.15, -0.1) is 11.3 Å². The molecule has 2 heterocycles. The number of fused-ring (bicyclic) bond motifs is 1. The molecule has 0 bridgehead atoms. The number of sulfonamides is 1. The number of benzene rings is 1. The molecule has 0 saturated heterocycles. The van der Waals surface area contributed by atoms with E-state index in [0.717, 1.165) is 11.1 Å². The summed E-state index contributed by atoms with van der Waals surface area (Å²) in [7, 11) is -3.25. The molecule has 1 N–H and O–H groups in total. The van der Waals surface area contributed by atoms with Crippen molar-refractivity contribution in [1.29, 1.82) is 0 Å². The number of esters is 1. The molecular weight excluding hydrogens is 430 g/mol. The molecule has 11 heteroatoms. The van der Waals surface area contributed by atoms with E-state index in [1.165, 1.54) is 23.5 Å². The van der Waals surface area contributed by atoms with Crippen molar-refractivity contribution in [3.05, 3.63) is 44.6 Å². The van der Waals surface area contributed by atoms with Crippen LogP contribution in [0.4, 0.5) is 0 Å². The zero-order chi connectivity index (χ0) is 20.3. The molecule has 150 valence electrons. The molecule has 1 aromatic heterocycles. The van der Waals surface area contributed by atoms with Crippen LogP contribution in [-0.2, 0) is 21.2 Å². The van der Waals surface area contributed by atoms with Gasteiger partial charge in [0.2, 0.25) is 22.6 Å². The standard InChI is InChI=1S/C17H16ClNO7S2/c1-28(22,23)19-5-4-11-2-3-15(27-11)13(20)8-24-17(21)10-6-12(18)16-14(7-10)25-9-26-16/h2-3,6-7,19H,4-5,8-9H2,1H3. The van der Waals surface area contributed by atoms with E-state index in [0.29, 0.717) is 22.8 Å². The predicted molar refractivity (Wildman–Crippen MR) is 103 cm³/mol. The van der Waals surface area contributed by atoms with Crippen LogP contribution >= 0.6 is 22.9 Å². The molecule has 8 nitrogen and oxygen atoms in total. The summed E-state index contributed by atoms with van der Waals surface area (Å²) >= 11 is 7.25. The second-order valence-corrected chi connectivity index (χ2v) is 9.28. The van der Waals surface area contributed by atoms with Crippen LogP contribution in [0.3, 0.4) is 0 Å². The molecule has 0 amide bonds. The van der Waals surface area contributed by atoms with Gasteiger partial charge in [-0.05, 0) is 30.7 Å². The number of ether oxygens (including phenoxy) is 3. The molecule has 0 radical (unpaired) electrons. The van der Waals surface area contributed by atoms with Crippen LogP contribution in [0.25, 0.3) is 0 Å². The first-order chi connectivity index (χ1) is 13.2. The third kappa shape index (κ3) is 5.22. The largest absolute Gasteiger partial charge is 0.454 e. The molecule has 2 aromatic rings. The van der Waals surface area contributed by atoms with E-state index < -0.39 is 22.6 Å². The maximum absolute atomic E-state index is 12.2. The van der Waals surface area contributed by atoms with Crippen LogP contribution < -0.4 is 14.2 Å². The fourth-order valence-electron chi connectivity index (χ4n) is 2.39. The lowest BCUT2D eigenvalue weighted by molar-refractivity contribution is 0.0475. The van der Waals surface area contributed by atoms with Gasteiger partial charge in [0.25, 0.3) is 0 Å². The quantitative estimate of drug-likeness (QED) is 0.490. The molecule has 28 heavy (non-hydrogen) atoms. The van der Waals surface area contributed by atoms with Crippen LogP contribution in [0, 0.1) is 0 Å². The molecule has 0 aliphatic carbocycles. The highest BCUT2D eigenvalue weighted by molar-refractivity contribution is 7.88. The van der Waals surface area contributed by atoms with Gasteiger partial charge in [-0.25, -0.2) is 17.9 Å². The number of Topliss-reactive ketones (excluding diaryl/α,β-unsaturated/α-hetero) is 1. The average Bonchev–Trinajstić information content (AvgIpc) is 3.27. The van der Waals surface area contributed by atoms with Crippen molar-refractivity contribution < 1.29 is 32.2 Å². The normalized spacial score (nSPS) is 12.8. The SMILES string of the molecule is CS(=O)(=O)NCCc1ccc(C(=O)COC(=O)c2cc(Cl)c3c(c2)OCO3)s1. The number of halogens is 1. The van der Waals surface area contributed by atoms with Crippen molar-refractivity contribution >= 4 is 44.7 Å². The zero-order valence-electron chi connectivity index (χ0n) is 14.7. The van der Waals surface area contributed by atoms with E-state index in [4.69, 9.17) is 25.8 Å². The monoisotopic (exact) mass is 445 g/mol. The van der Waals surface area contributed by atoms with Gasteiger partial charge in [0.1, 0.15) is 0 Å². The summed E-state index contributed by atoms with van der Waals surface area (Å²) in [5, 5.41) is 0.221. The number of ketones is 1. The van der Waals surface area contributed by atoms with Gasteiger partial charge >= 0.3 is 5.97 Å². The Kier molecular flexibility index (Phi) is 6.23. The summed E-state index contributed by atoms with van der Waals surface area (Å²) < 4.78 is 39.9. The van der Waals surface area contributed by atoms with E-state index in [1.54, 1.807) is 12.1 Å². The molecule has 0 atom stereocenters. The molecule has 1 aliphatic rings. The Morgan fingerprint density at radius 3 is 2.82 bits per heavy atom. The van der Waals surface area contributed by atoms with Crippen molar-refractivity contribution in [2.75, 3.05) is 26.2 Å². The summed E-state index contributed by atoms with van der Waals surface area (Å²) in [4.78, 5) is 25.7. The summed E-state index contributed by atoms with van der Waals surface area (Å²) in [6, 6.07) is 6.19. The van der Waals surface area contributed by atoms with E-state index in [9.17, 15) is 18.0 Å². The van der Waals surface area contributed by atoms with Gasteiger partial charge in [-0.1, -0.05) is 11.6 Å². The summed E-state index contributed by atoms with van der Waals surface area (Å²) in [6.45, 7) is -0.161. The fourth-order valence-corrected chi connectivity index (χ4v) is 4.06. The topological polar surface area (TPSA) is 108 Å². The molecular formula is C17H16ClNO7S2. The molecule has 3 rings (SSSR count). The maximum Gasteiger partial charge on any atom is 0.338 e. The van der Waals surface area contributed by atoms with Gasteiger partial charge in [-0.2, -0.15) is 0 Å². The minimum absolute atomic E-state index is 0.0203. The fraction of sp³-hybridized carbons (Fsp3) is 0.294. The first-order valence-electron chi connectivity index (χ1n) is 8.06. The highest BCUT2D eigenvalue weighted by Crippen LogP contribution is 2.39. The first kappa shape index (κ1) is 20.6. The second kappa shape index (κ2) is 8.48. The number of rotatable bonds is 8. The van der Waals surface area contributed by atoms with E-state index in [-0.39, 0.29) is 29.7 Å². The molecule has 1 aromatic carbocycles. The third-order valence-electron chi connectivity index (χ3n) is 3.67. The van der Waals surface area contributed by atoms with Gasteiger partial charge in [0.15, 0.2) is 18.1 Å². The van der Waals surface area contributed by atoms with Crippen molar-refractivity contribution in [2.24, 2.45) is 0 Å². The average molecular weight is 446 g/mol. The number of carbonyl (C=O) groups is 2. The maximum atomic E-state index is 12.2. The van der Waals surface area contributed by atoms with Crippen LogP contribution in [0.15, 0.2) is 24.3 Å². The smallest absolute Gasteiger partial charge is 0.338 e. The summed E-state index contributed by atoms with van der Waals surface area (Å²) in [5.41, 5.74) is 0.153. The Hall–Kier alpha value is -2.14. The van der Waals surface area contributed by atoms with Crippen LogP contribution in [-0.4, -0.2) is 46.4 Å². The van der Waals surface area contributed by atoms with E-state index in [2.05, 4.69) is 4.72 Å². The predicted octanol–water partition coefficient (Wildman–Crippen LogP) is 2.26. The first-order valence-corrected chi connectivity index (χ1v) is 11.1. The van der Waals surface area contributed by atoms with Gasteiger partial charge in [-0.3, -0.25) is 4.79 Å². The number of nitrogens with one attached hydrogen (secondary N) is 1. The third-order valence-corrected chi connectivity index (χ3v) is 5.86. The molecule has 0 spiro atoms. The minimum atomic E-state index is -3.25. The molecule has 0 fully saturated rings. The Morgan fingerprint density at radius 2 is 2.07 bits per heavy atom. The number of hydrogen-bond acceptors (Lipinski definition) is 8. The van der Waals surface area contributed by atoms with E-state index in [1.807, 2.05) is 0 Å². The molecule has 1 aliphatic heterocycles. The Bertz CT molecular complexity index is 1020. The summed E-state index contributed by atoms with van der Waals surface area (Å²) in [5.74, 6) is -0.350. The van der Waals surface area contributed by atoms with Gasteiger partial charge < -0.3 is 14.2 Å². The van der Waals surface area contributed by atoms with Crippen LogP contribution in [0.1, 0.15) is 24.9 Å². The number of carbonyl (C=O) groups excluding carboxylic acids is 2. The van der Waals surface area contributed by atoms with Crippen LogP contribution in [0.2, 0.25) is 5.02 Å². The molecule has 0 unspecified atom stereocenters. The van der Waals surface area contributed by atoms with Gasteiger partial charge in [0.05, 0.1) is 21.7 Å². The number of thiophene rings is 1. The van der Waals surface area contributed by atoms with Crippen LogP contribution in [0.5, 0.6) is 11.5 Å². The van der Waals surface area contributed by atoms with Gasteiger partial charge in [0, 0.05) is 11.4 Å². The lowest BCUT2D eigenvalue weighted by atomic mass is 10.2. The van der Waals surface area contributed by atoms with Crippen molar-refractivity contribution in [1.82, 2.24) is 4.72 Å². The highest BCUT2D eigenvalue weighted by Gasteiger charge is 2.22. The highest BCUT2D eigenvalue weighted by atomic mass is 35.5. The van der Waals surface area contributed by atoms with Crippen molar-refractivity contribution in [2.45, 2.75) is 6.42 Å².